The van der Waals surface area contributed by atoms with Crippen LogP contribution < -0.4 is 0 Å². The van der Waals surface area contributed by atoms with Crippen molar-refractivity contribution < 1.29 is 19.2 Å². The Bertz CT molecular complexity index is 645. The number of hydroxylamine groups is 2. The molecule has 26 heavy (non-hydrogen) atoms. The first-order valence-electron chi connectivity index (χ1n) is 8.66. The molecule has 0 aromatic heterocycles. The van der Waals surface area contributed by atoms with E-state index in [0.717, 1.165) is 21.2 Å². The van der Waals surface area contributed by atoms with E-state index in [9.17, 15) is 9.59 Å². The van der Waals surface area contributed by atoms with E-state index >= 15 is 0 Å². The van der Waals surface area contributed by atoms with Crippen LogP contribution in [0, 0.1) is 13.8 Å². The minimum atomic E-state index is -0.515. The van der Waals surface area contributed by atoms with Crippen LogP contribution in [0.15, 0.2) is 16.6 Å². The SMILES string of the molecule is CCOC(=O)N1CCN(OC)CCN1C(=O)Cc1c(C)cc(C)cc1Br. The van der Waals surface area contributed by atoms with E-state index in [1.54, 1.807) is 19.1 Å². The van der Waals surface area contributed by atoms with Crippen molar-refractivity contribution in [2.45, 2.75) is 27.2 Å². The van der Waals surface area contributed by atoms with Gasteiger partial charge in [0.2, 0.25) is 5.91 Å². The number of halogens is 1. The van der Waals surface area contributed by atoms with Gasteiger partial charge in [-0.3, -0.25) is 4.79 Å². The average molecular weight is 428 g/mol. The summed E-state index contributed by atoms with van der Waals surface area (Å²) >= 11 is 3.55. The maximum atomic E-state index is 13.0. The van der Waals surface area contributed by atoms with Gasteiger partial charge in [-0.25, -0.2) is 14.8 Å². The second-order valence-corrected chi connectivity index (χ2v) is 7.02. The first-order chi connectivity index (χ1) is 12.4. The summed E-state index contributed by atoms with van der Waals surface area (Å²) in [5, 5.41) is 4.58. The molecule has 1 aliphatic heterocycles. The number of ether oxygens (including phenoxy) is 1. The molecule has 0 atom stereocenters. The van der Waals surface area contributed by atoms with Gasteiger partial charge in [0.1, 0.15) is 0 Å². The Balaban J connectivity index is 2.23. The Kier molecular flexibility index (Phi) is 7.43. The first kappa shape index (κ1) is 20.7. The summed E-state index contributed by atoms with van der Waals surface area (Å²) < 4.78 is 6.03. The zero-order chi connectivity index (χ0) is 19.3. The number of carbonyl (C=O) groups excluding carboxylic acids is 2. The molecule has 0 radical (unpaired) electrons. The molecule has 1 aliphatic rings. The lowest BCUT2D eigenvalue weighted by Crippen LogP contribution is -2.51. The molecule has 0 bridgehead atoms. The molecule has 0 spiro atoms. The van der Waals surface area contributed by atoms with Crippen LogP contribution in [0.4, 0.5) is 4.79 Å². The topological polar surface area (TPSA) is 62.3 Å². The first-order valence-corrected chi connectivity index (χ1v) is 9.45. The van der Waals surface area contributed by atoms with Gasteiger partial charge in [-0.15, -0.1) is 0 Å². The number of amides is 2. The fraction of sp³-hybridized carbons (Fsp3) is 0.556. The third-order valence-electron chi connectivity index (χ3n) is 4.33. The highest BCUT2D eigenvalue weighted by Gasteiger charge is 2.31. The van der Waals surface area contributed by atoms with E-state index in [4.69, 9.17) is 9.57 Å². The molecule has 2 rings (SSSR count). The highest BCUT2D eigenvalue weighted by molar-refractivity contribution is 9.10. The Morgan fingerprint density at radius 2 is 1.77 bits per heavy atom. The number of hydrogen-bond acceptors (Lipinski definition) is 5. The summed E-state index contributed by atoms with van der Waals surface area (Å²) in [6, 6.07) is 4.04. The molecule has 8 heteroatoms. The van der Waals surface area contributed by atoms with Gasteiger partial charge < -0.3 is 9.57 Å². The molecule has 0 unspecified atom stereocenters. The molecule has 2 amide bonds. The van der Waals surface area contributed by atoms with Crippen molar-refractivity contribution in [3.8, 4) is 0 Å². The largest absolute Gasteiger partial charge is 0.448 e. The zero-order valence-electron chi connectivity index (χ0n) is 15.7. The van der Waals surface area contributed by atoms with E-state index in [0.29, 0.717) is 26.2 Å². The van der Waals surface area contributed by atoms with Crippen molar-refractivity contribution in [2.75, 3.05) is 39.9 Å². The number of carbonyl (C=O) groups is 2. The quantitative estimate of drug-likeness (QED) is 0.738. The standard InChI is InChI=1S/C18H26BrN3O4/c1-5-26-18(24)22-9-7-20(25-4)6-8-21(22)17(23)12-15-14(3)10-13(2)11-16(15)19/h10-11H,5-9,12H2,1-4H3. The molecule has 1 fully saturated rings. The van der Waals surface area contributed by atoms with Crippen molar-refractivity contribution in [1.29, 1.82) is 0 Å². The van der Waals surface area contributed by atoms with Gasteiger partial charge in [0.05, 0.1) is 33.2 Å². The molecule has 1 saturated heterocycles. The fourth-order valence-electron chi connectivity index (χ4n) is 3.01. The van der Waals surface area contributed by atoms with Crippen LogP contribution in [0.1, 0.15) is 23.6 Å². The Morgan fingerprint density at radius 1 is 1.12 bits per heavy atom. The van der Waals surface area contributed by atoms with Gasteiger partial charge >= 0.3 is 6.09 Å². The lowest BCUT2D eigenvalue weighted by atomic mass is 10.0. The van der Waals surface area contributed by atoms with Crippen LogP contribution in [-0.4, -0.2) is 67.0 Å². The summed E-state index contributed by atoms with van der Waals surface area (Å²) in [5.41, 5.74) is 3.10. The summed E-state index contributed by atoms with van der Waals surface area (Å²) in [6.45, 7) is 7.71. The maximum Gasteiger partial charge on any atom is 0.428 e. The van der Waals surface area contributed by atoms with E-state index in [1.165, 1.54) is 10.0 Å². The third-order valence-corrected chi connectivity index (χ3v) is 5.04. The number of rotatable bonds is 4. The van der Waals surface area contributed by atoms with Crippen LogP contribution in [0.2, 0.25) is 0 Å². The molecule has 0 saturated carbocycles. The molecule has 1 aromatic carbocycles. The van der Waals surface area contributed by atoms with Crippen molar-refractivity contribution >= 4 is 27.9 Å². The van der Waals surface area contributed by atoms with Crippen LogP contribution >= 0.6 is 15.9 Å². The van der Waals surface area contributed by atoms with Gasteiger partial charge in [-0.1, -0.05) is 22.0 Å². The summed E-state index contributed by atoms with van der Waals surface area (Å²) in [4.78, 5) is 30.6. The number of nitrogens with zero attached hydrogens (tertiary/aromatic N) is 3. The third kappa shape index (κ3) is 4.96. The zero-order valence-corrected chi connectivity index (χ0v) is 17.3. The number of aryl methyl sites for hydroxylation is 2. The van der Waals surface area contributed by atoms with E-state index < -0.39 is 6.09 Å². The van der Waals surface area contributed by atoms with Crippen molar-refractivity contribution in [2.24, 2.45) is 0 Å². The minimum Gasteiger partial charge on any atom is -0.448 e. The number of hydrogen-bond donors (Lipinski definition) is 0. The van der Waals surface area contributed by atoms with Crippen LogP contribution in [0.3, 0.4) is 0 Å². The van der Waals surface area contributed by atoms with Crippen LogP contribution in [0.25, 0.3) is 0 Å². The van der Waals surface area contributed by atoms with Crippen molar-refractivity contribution in [1.82, 2.24) is 15.1 Å². The van der Waals surface area contributed by atoms with Crippen LogP contribution in [-0.2, 0) is 20.8 Å². The summed E-state index contributed by atoms with van der Waals surface area (Å²) in [7, 11) is 1.58. The molecule has 144 valence electrons. The van der Waals surface area contributed by atoms with Gasteiger partial charge in [0, 0.05) is 17.6 Å². The van der Waals surface area contributed by atoms with Crippen LogP contribution in [0.5, 0.6) is 0 Å². The normalized spacial score (nSPS) is 15.7. The summed E-state index contributed by atoms with van der Waals surface area (Å²) in [6.07, 6.45) is -0.311. The second kappa shape index (κ2) is 9.34. The highest BCUT2D eigenvalue weighted by Crippen LogP contribution is 2.24. The fourth-order valence-corrected chi connectivity index (χ4v) is 3.82. The Morgan fingerprint density at radius 3 is 2.35 bits per heavy atom. The lowest BCUT2D eigenvalue weighted by molar-refractivity contribution is -0.145. The van der Waals surface area contributed by atoms with E-state index in [2.05, 4.69) is 15.9 Å². The van der Waals surface area contributed by atoms with Crippen molar-refractivity contribution in [3.05, 3.63) is 33.3 Å². The maximum absolute atomic E-state index is 13.0. The van der Waals surface area contributed by atoms with Gasteiger partial charge in [0.15, 0.2) is 0 Å². The smallest absolute Gasteiger partial charge is 0.428 e. The molecule has 1 aromatic rings. The monoisotopic (exact) mass is 427 g/mol. The predicted molar refractivity (Wildman–Crippen MR) is 101 cm³/mol. The molecular formula is C18H26BrN3O4. The molecular weight excluding hydrogens is 402 g/mol. The van der Waals surface area contributed by atoms with E-state index in [1.807, 2.05) is 26.0 Å². The molecule has 1 heterocycles. The van der Waals surface area contributed by atoms with Gasteiger partial charge in [-0.2, -0.15) is 5.06 Å². The average Bonchev–Trinajstić information content (AvgIpc) is 2.80. The molecule has 0 N–H and O–H groups in total. The Labute approximate surface area is 162 Å². The minimum absolute atomic E-state index is 0.149. The Hall–Kier alpha value is -1.64. The summed E-state index contributed by atoms with van der Waals surface area (Å²) in [5.74, 6) is -0.149. The van der Waals surface area contributed by atoms with Gasteiger partial charge in [-0.05, 0) is 43.5 Å². The molecule has 0 aliphatic carbocycles. The number of benzene rings is 1. The van der Waals surface area contributed by atoms with E-state index in [-0.39, 0.29) is 18.9 Å². The van der Waals surface area contributed by atoms with Crippen molar-refractivity contribution in [3.63, 3.8) is 0 Å². The predicted octanol–water partition coefficient (Wildman–Crippen LogP) is 2.69. The second-order valence-electron chi connectivity index (χ2n) is 6.17. The number of hydrazine groups is 1. The molecule has 7 nitrogen and oxygen atoms in total. The highest BCUT2D eigenvalue weighted by atomic mass is 79.9. The van der Waals surface area contributed by atoms with Gasteiger partial charge in [0.25, 0.3) is 0 Å². The lowest BCUT2D eigenvalue weighted by Gasteiger charge is -2.32.